The topological polar surface area (TPSA) is 86.8 Å². The van der Waals surface area contributed by atoms with Crippen LogP contribution < -0.4 is 9.62 Å². The Balaban J connectivity index is 2.09. The van der Waals surface area contributed by atoms with Gasteiger partial charge in [-0.1, -0.05) is 66.5 Å². The van der Waals surface area contributed by atoms with Crippen molar-refractivity contribution in [3.8, 4) is 0 Å². The number of hydrogen-bond acceptors (Lipinski definition) is 4. The maximum absolute atomic E-state index is 14.0. The van der Waals surface area contributed by atoms with Crippen LogP contribution in [-0.2, 0) is 26.2 Å². The minimum absolute atomic E-state index is 0.0334. The molecule has 3 aromatic carbocycles. The number of nitrogens with zero attached hydrogens (tertiary/aromatic N) is 2. The molecule has 0 fully saturated rings. The first-order chi connectivity index (χ1) is 18.4. The number of carbonyl (C=O) groups excluding carboxylic acids is 2. The lowest BCUT2D eigenvalue weighted by Crippen LogP contribution is -2.53. The van der Waals surface area contributed by atoms with Gasteiger partial charge in [0.1, 0.15) is 12.6 Å². The number of halogens is 2. The van der Waals surface area contributed by atoms with Gasteiger partial charge in [0.05, 0.1) is 10.6 Å². The smallest absolute Gasteiger partial charge is 0.264 e. The number of hydrogen-bond donors (Lipinski definition) is 1. The molecule has 0 saturated carbocycles. The number of anilines is 1. The van der Waals surface area contributed by atoms with E-state index in [1.807, 2.05) is 20.8 Å². The molecule has 10 heteroatoms. The van der Waals surface area contributed by atoms with Crippen molar-refractivity contribution in [2.75, 3.05) is 10.8 Å². The van der Waals surface area contributed by atoms with Crippen molar-refractivity contribution in [2.24, 2.45) is 0 Å². The Morgan fingerprint density at radius 2 is 1.56 bits per heavy atom. The minimum Gasteiger partial charge on any atom is -0.352 e. The highest BCUT2D eigenvalue weighted by atomic mass is 35.5. The van der Waals surface area contributed by atoms with Crippen LogP contribution in [0.15, 0.2) is 77.7 Å². The second-order valence-electron chi connectivity index (χ2n) is 9.44. The molecule has 39 heavy (non-hydrogen) atoms. The van der Waals surface area contributed by atoms with Gasteiger partial charge < -0.3 is 10.2 Å². The van der Waals surface area contributed by atoms with Gasteiger partial charge in [0.2, 0.25) is 11.8 Å². The second kappa shape index (κ2) is 13.3. The second-order valence-corrected chi connectivity index (χ2v) is 12.2. The van der Waals surface area contributed by atoms with E-state index in [2.05, 4.69) is 5.32 Å². The molecule has 0 saturated heterocycles. The Kier molecular flexibility index (Phi) is 10.4. The van der Waals surface area contributed by atoms with E-state index in [0.29, 0.717) is 22.0 Å². The standard InChI is InChI=1S/C29H33Cl2N3O4S/c1-5-26(29(36)32-20(2)3)33(18-22-14-16-23(30)17-15-22)28(35)19-34(27-13-9-12-25(31)21(27)4)39(37,38)24-10-7-6-8-11-24/h6-17,20,26H,5,18-19H2,1-4H3,(H,32,36). The zero-order chi connectivity index (χ0) is 28.7. The van der Waals surface area contributed by atoms with Crippen molar-refractivity contribution in [1.29, 1.82) is 0 Å². The van der Waals surface area contributed by atoms with Crippen molar-refractivity contribution >= 4 is 50.7 Å². The fourth-order valence-corrected chi connectivity index (χ4v) is 5.97. The summed E-state index contributed by atoms with van der Waals surface area (Å²) in [5.41, 5.74) is 1.55. The minimum atomic E-state index is -4.16. The van der Waals surface area contributed by atoms with Gasteiger partial charge in [-0.25, -0.2) is 8.42 Å². The number of nitrogens with one attached hydrogen (secondary N) is 1. The van der Waals surface area contributed by atoms with Gasteiger partial charge in [0, 0.05) is 22.6 Å². The van der Waals surface area contributed by atoms with E-state index in [-0.39, 0.29) is 29.1 Å². The van der Waals surface area contributed by atoms with Crippen molar-refractivity contribution in [3.63, 3.8) is 0 Å². The molecule has 0 aromatic heterocycles. The van der Waals surface area contributed by atoms with Crippen LogP contribution in [0.5, 0.6) is 0 Å². The van der Waals surface area contributed by atoms with Gasteiger partial charge in [0.25, 0.3) is 10.0 Å². The maximum atomic E-state index is 14.0. The molecule has 1 atom stereocenters. The van der Waals surface area contributed by atoms with Crippen LogP contribution in [0, 0.1) is 6.92 Å². The van der Waals surface area contributed by atoms with Gasteiger partial charge in [-0.15, -0.1) is 0 Å². The van der Waals surface area contributed by atoms with E-state index in [9.17, 15) is 18.0 Å². The first kappa shape index (κ1) is 30.5. The quantitative estimate of drug-likeness (QED) is 0.305. The fourth-order valence-electron chi connectivity index (χ4n) is 4.19. The molecule has 2 amide bonds. The lowest BCUT2D eigenvalue weighted by molar-refractivity contribution is -0.140. The van der Waals surface area contributed by atoms with Crippen LogP contribution in [0.1, 0.15) is 38.3 Å². The average molecular weight is 591 g/mol. The summed E-state index contributed by atoms with van der Waals surface area (Å²) >= 11 is 12.4. The van der Waals surface area contributed by atoms with Crippen LogP contribution in [0.3, 0.4) is 0 Å². The van der Waals surface area contributed by atoms with Crippen molar-refractivity contribution < 1.29 is 18.0 Å². The zero-order valence-corrected chi connectivity index (χ0v) is 24.7. The highest BCUT2D eigenvalue weighted by Crippen LogP contribution is 2.31. The van der Waals surface area contributed by atoms with E-state index < -0.39 is 28.5 Å². The molecule has 0 heterocycles. The van der Waals surface area contributed by atoms with E-state index in [0.717, 1.165) is 9.87 Å². The van der Waals surface area contributed by atoms with E-state index in [1.54, 1.807) is 67.6 Å². The van der Waals surface area contributed by atoms with E-state index >= 15 is 0 Å². The monoisotopic (exact) mass is 589 g/mol. The highest BCUT2D eigenvalue weighted by Gasteiger charge is 2.34. The summed E-state index contributed by atoms with van der Waals surface area (Å²) < 4.78 is 28.8. The molecule has 0 aliphatic heterocycles. The van der Waals surface area contributed by atoms with E-state index in [1.165, 1.54) is 17.0 Å². The summed E-state index contributed by atoms with van der Waals surface area (Å²) in [5, 5.41) is 3.79. The number of amides is 2. The van der Waals surface area contributed by atoms with E-state index in [4.69, 9.17) is 23.2 Å². The molecule has 0 bridgehead atoms. The SMILES string of the molecule is CCC(C(=O)NC(C)C)N(Cc1ccc(Cl)cc1)C(=O)CN(c1cccc(Cl)c1C)S(=O)(=O)c1ccccc1. The predicted octanol–water partition coefficient (Wildman–Crippen LogP) is 5.83. The van der Waals surface area contributed by atoms with Crippen LogP contribution in [0.2, 0.25) is 10.0 Å². The van der Waals surface area contributed by atoms with Crippen molar-refractivity contribution in [1.82, 2.24) is 10.2 Å². The maximum Gasteiger partial charge on any atom is 0.264 e. The molecule has 208 valence electrons. The fraction of sp³-hybridized carbons (Fsp3) is 0.310. The number of sulfonamides is 1. The Bertz CT molecular complexity index is 1400. The van der Waals surface area contributed by atoms with Gasteiger partial charge in [0.15, 0.2) is 0 Å². The Labute approximate surface area is 240 Å². The number of carbonyl (C=O) groups is 2. The first-order valence-electron chi connectivity index (χ1n) is 12.6. The first-order valence-corrected chi connectivity index (χ1v) is 14.8. The molecule has 3 rings (SSSR count). The lowest BCUT2D eigenvalue weighted by atomic mass is 10.1. The highest BCUT2D eigenvalue weighted by molar-refractivity contribution is 7.92. The largest absolute Gasteiger partial charge is 0.352 e. The zero-order valence-electron chi connectivity index (χ0n) is 22.4. The third-order valence-electron chi connectivity index (χ3n) is 6.20. The molecule has 7 nitrogen and oxygen atoms in total. The Morgan fingerprint density at radius 1 is 0.923 bits per heavy atom. The molecular weight excluding hydrogens is 557 g/mol. The number of benzene rings is 3. The molecule has 0 aliphatic rings. The normalized spacial score (nSPS) is 12.2. The van der Waals surface area contributed by atoms with Crippen LogP contribution in [0.4, 0.5) is 5.69 Å². The van der Waals surface area contributed by atoms with Crippen molar-refractivity contribution in [2.45, 2.75) is 57.6 Å². The van der Waals surface area contributed by atoms with Crippen LogP contribution in [-0.4, -0.2) is 43.8 Å². The molecule has 0 aliphatic carbocycles. The Morgan fingerprint density at radius 3 is 2.15 bits per heavy atom. The van der Waals surface area contributed by atoms with Crippen molar-refractivity contribution in [3.05, 3.63) is 94.0 Å². The third kappa shape index (κ3) is 7.53. The third-order valence-corrected chi connectivity index (χ3v) is 8.64. The van der Waals surface area contributed by atoms with Gasteiger partial charge in [-0.3, -0.25) is 13.9 Å². The summed E-state index contributed by atoms with van der Waals surface area (Å²) in [6.45, 7) is 6.75. The molecule has 0 spiro atoms. The predicted molar refractivity (Wildman–Crippen MR) is 157 cm³/mol. The summed E-state index contributed by atoms with van der Waals surface area (Å²) in [6.07, 6.45) is 0.333. The molecule has 3 aromatic rings. The summed E-state index contributed by atoms with van der Waals surface area (Å²) in [5.74, 6) is -0.846. The summed E-state index contributed by atoms with van der Waals surface area (Å²) in [7, 11) is -4.16. The molecule has 1 N–H and O–H groups in total. The van der Waals surface area contributed by atoms with Gasteiger partial charge in [-0.2, -0.15) is 0 Å². The Hall–Kier alpha value is -3.07. The molecule has 0 radical (unpaired) electrons. The molecule has 1 unspecified atom stereocenters. The summed E-state index contributed by atoms with van der Waals surface area (Å²) in [4.78, 5) is 28.7. The van der Waals surface area contributed by atoms with Gasteiger partial charge >= 0.3 is 0 Å². The van der Waals surface area contributed by atoms with Crippen LogP contribution >= 0.6 is 23.2 Å². The molecular formula is C29H33Cl2N3O4S. The summed E-state index contributed by atoms with van der Waals surface area (Å²) in [6, 6.07) is 18.8. The lowest BCUT2D eigenvalue weighted by Gasteiger charge is -2.34. The average Bonchev–Trinajstić information content (AvgIpc) is 2.90. The number of rotatable bonds is 11. The van der Waals surface area contributed by atoms with Gasteiger partial charge in [-0.05, 0) is 74.7 Å². The van der Waals surface area contributed by atoms with Crippen LogP contribution in [0.25, 0.3) is 0 Å².